The largest absolute Gasteiger partial charge is 0.406 e. The number of amides is 2. The van der Waals surface area contributed by atoms with Crippen LogP contribution in [0.5, 0.6) is 0 Å². The van der Waals surface area contributed by atoms with Gasteiger partial charge in [-0.3, -0.25) is 4.79 Å². The molecule has 2 aliphatic carbocycles. The molecule has 4 fully saturated rings. The van der Waals surface area contributed by atoms with Crippen LogP contribution in [0.2, 0.25) is 0 Å². The second kappa shape index (κ2) is 7.07. The lowest BCUT2D eigenvalue weighted by molar-refractivity contribution is -0.141. The van der Waals surface area contributed by atoms with E-state index in [4.69, 9.17) is 0 Å². The molecule has 2 amide bonds. The molecular formula is C22H25F3N6O2. The van der Waals surface area contributed by atoms with E-state index in [2.05, 4.69) is 10.1 Å². The van der Waals surface area contributed by atoms with Crippen molar-refractivity contribution in [2.45, 2.75) is 56.3 Å². The van der Waals surface area contributed by atoms with Crippen molar-refractivity contribution in [1.82, 2.24) is 29.1 Å². The van der Waals surface area contributed by atoms with Crippen LogP contribution in [0.25, 0.3) is 0 Å². The monoisotopic (exact) mass is 462 g/mol. The fraction of sp³-hybridized carbons (Fsp3) is 0.636. The van der Waals surface area contributed by atoms with Gasteiger partial charge in [0.05, 0.1) is 6.04 Å². The second-order valence-electron chi connectivity index (χ2n) is 10.2. The SMILES string of the molecule is O=C(N1CC(c2ccn(CC(F)(F)F)c(=O)c2)C1)N1CC2(CC(n3cnc(C4CC4)n3)C2)C1. The zero-order valence-electron chi connectivity index (χ0n) is 18.0. The predicted octanol–water partition coefficient (Wildman–Crippen LogP) is 2.74. The minimum Gasteiger partial charge on any atom is -0.323 e. The molecule has 2 saturated carbocycles. The standard InChI is InChI=1S/C22H25F3N6O2/c23-22(24,25)12-28-4-3-15(5-18(28)32)16-8-29(9-16)20(33)30-10-21(11-30)6-17(7-21)31-13-26-19(27-31)14-1-2-14/h3-5,13-14,16-17H,1-2,6-12H2. The van der Waals surface area contributed by atoms with Crippen LogP contribution >= 0.6 is 0 Å². The lowest BCUT2D eigenvalue weighted by Gasteiger charge is -2.60. The van der Waals surface area contributed by atoms with Crippen molar-refractivity contribution >= 4 is 6.03 Å². The third-order valence-corrected chi connectivity index (χ3v) is 7.50. The highest BCUT2D eigenvalue weighted by atomic mass is 19.4. The molecule has 33 heavy (non-hydrogen) atoms. The zero-order chi connectivity index (χ0) is 23.0. The number of alkyl halides is 3. The number of rotatable bonds is 4. The Morgan fingerprint density at radius 1 is 1.12 bits per heavy atom. The number of hydrogen-bond donors (Lipinski definition) is 0. The van der Waals surface area contributed by atoms with Gasteiger partial charge in [-0.2, -0.15) is 18.3 Å². The van der Waals surface area contributed by atoms with Crippen molar-refractivity contribution in [2.75, 3.05) is 26.2 Å². The summed E-state index contributed by atoms with van der Waals surface area (Å²) in [5.74, 6) is 1.50. The molecular weight excluding hydrogens is 437 g/mol. The Kier molecular flexibility index (Phi) is 4.44. The normalized spacial score (nSPS) is 22.8. The first-order valence-corrected chi connectivity index (χ1v) is 11.4. The number of aromatic nitrogens is 4. The van der Waals surface area contributed by atoms with Gasteiger partial charge in [-0.25, -0.2) is 14.5 Å². The maximum Gasteiger partial charge on any atom is 0.406 e. The predicted molar refractivity (Wildman–Crippen MR) is 111 cm³/mol. The van der Waals surface area contributed by atoms with Gasteiger partial charge >= 0.3 is 12.2 Å². The van der Waals surface area contributed by atoms with Gasteiger partial charge in [-0.15, -0.1) is 0 Å². The topological polar surface area (TPSA) is 76.3 Å². The molecule has 0 bridgehead atoms. The molecule has 0 N–H and O–H groups in total. The average molecular weight is 462 g/mol. The van der Waals surface area contributed by atoms with Crippen LogP contribution in [0.15, 0.2) is 29.5 Å². The summed E-state index contributed by atoms with van der Waals surface area (Å²) in [7, 11) is 0. The molecule has 11 heteroatoms. The molecule has 4 aliphatic rings. The Labute approximate surface area is 188 Å². The lowest BCUT2D eigenvalue weighted by atomic mass is 9.61. The van der Waals surface area contributed by atoms with Gasteiger partial charge in [0.1, 0.15) is 12.9 Å². The summed E-state index contributed by atoms with van der Waals surface area (Å²) in [5, 5.41) is 4.63. The van der Waals surface area contributed by atoms with Gasteiger partial charge in [-0.05, 0) is 37.3 Å². The van der Waals surface area contributed by atoms with Gasteiger partial charge in [0.2, 0.25) is 0 Å². The fourth-order valence-corrected chi connectivity index (χ4v) is 5.42. The van der Waals surface area contributed by atoms with Crippen molar-refractivity contribution < 1.29 is 18.0 Å². The summed E-state index contributed by atoms with van der Waals surface area (Å²) < 4.78 is 40.2. The summed E-state index contributed by atoms with van der Waals surface area (Å²) in [4.78, 5) is 32.8. The number of likely N-dealkylation sites (tertiary alicyclic amines) is 2. The van der Waals surface area contributed by atoms with E-state index < -0.39 is 18.3 Å². The Morgan fingerprint density at radius 2 is 1.85 bits per heavy atom. The molecule has 2 aliphatic heterocycles. The molecule has 4 heterocycles. The minimum absolute atomic E-state index is 0.00233. The minimum atomic E-state index is -4.44. The first-order chi connectivity index (χ1) is 15.7. The van der Waals surface area contributed by atoms with E-state index in [1.807, 2.05) is 15.9 Å². The third kappa shape index (κ3) is 3.80. The average Bonchev–Trinajstić information content (AvgIpc) is 3.38. The van der Waals surface area contributed by atoms with Crippen LogP contribution in [0.4, 0.5) is 18.0 Å². The molecule has 176 valence electrons. The van der Waals surface area contributed by atoms with Crippen LogP contribution in [-0.2, 0) is 6.54 Å². The molecule has 2 saturated heterocycles. The summed E-state index contributed by atoms with van der Waals surface area (Å²) in [6.45, 7) is 1.17. The number of carbonyl (C=O) groups is 1. The summed E-state index contributed by atoms with van der Waals surface area (Å²) in [6.07, 6.45) is 3.00. The molecule has 2 aromatic rings. The number of pyridine rings is 1. The van der Waals surface area contributed by atoms with Crippen molar-refractivity contribution in [3.8, 4) is 0 Å². The molecule has 1 spiro atoms. The smallest absolute Gasteiger partial charge is 0.323 e. The quantitative estimate of drug-likeness (QED) is 0.700. The summed E-state index contributed by atoms with van der Waals surface area (Å²) in [6, 6.07) is 3.17. The zero-order valence-corrected chi connectivity index (χ0v) is 18.0. The lowest BCUT2D eigenvalue weighted by Crippen LogP contribution is -2.67. The fourth-order valence-electron chi connectivity index (χ4n) is 5.42. The van der Waals surface area contributed by atoms with E-state index in [0.29, 0.717) is 35.2 Å². The van der Waals surface area contributed by atoms with Crippen LogP contribution in [0, 0.1) is 5.41 Å². The maximum atomic E-state index is 12.8. The first-order valence-electron chi connectivity index (χ1n) is 11.4. The van der Waals surface area contributed by atoms with Crippen molar-refractivity contribution in [3.05, 3.63) is 46.4 Å². The van der Waals surface area contributed by atoms with E-state index in [1.54, 1.807) is 11.0 Å². The Hall–Kier alpha value is -2.85. The Morgan fingerprint density at radius 3 is 2.48 bits per heavy atom. The number of nitrogens with zero attached hydrogens (tertiary/aromatic N) is 6. The molecule has 2 aromatic heterocycles. The second-order valence-corrected chi connectivity index (χ2v) is 10.2. The summed E-state index contributed by atoms with van der Waals surface area (Å²) in [5.41, 5.74) is 0.206. The van der Waals surface area contributed by atoms with Crippen molar-refractivity contribution in [3.63, 3.8) is 0 Å². The number of carbonyl (C=O) groups excluding carboxylic acids is 1. The van der Waals surface area contributed by atoms with Crippen molar-refractivity contribution in [1.29, 1.82) is 0 Å². The third-order valence-electron chi connectivity index (χ3n) is 7.50. The molecule has 8 nitrogen and oxygen atoms in total. The van der Waals surface area contributed by atoms with Gasteiger partial charge in [0.25, 0.3) is 5.56 Å². The van der Waals surface area contributed by atoms with Crippen LogP contribution < -0.4 is 5.56 Å². The highest BCUT2D eigenvalue weighted by Crippen LogP contribution is 2.54. The molecule has 0 atom stereocenters. The molecule has 6 rings (SSSR count). The van der Waals surface area contributed by atoms with Crippen molar-refractivity contribution in [2.24, 2.45) is 5.41 Å². The van der Waals surface area contributed by atoms with E-state index in [-0.39, 0.29) is 17.4 Å². The number of halogens is 3. The maximum absolute atomic E-state index is 12.8. The first kappa shape index (κ1) is 20.7. The summed E-state index contributed by atoms with van der Waals surface area (Å²) >= 11 is 0. The number of hydrogen-bond acceptors (Lipinski definition) is 4. The van der Waals surface area contributed by atoms with Gasteiger partial charge in [-0.1, -0.05) is 0 Å². The van der Waals surface area contributed by atoms with E-state index in [0.717, 1.165) is 31.8 Å². The van der Waals surface area contributed by atoms with E-state index >= 15 is 0 Å². The van der Waals surface area contributed by atoms with Gasteiger partial charge in [0.15, 0.2) is 5.82 Å². The van der Waals surface area contributed by atoms with E-state index in [1.165, 1.54) is 25.1 Å². The molecule has 0 aromatic carbocycles. The Balaban J connectivity index is 0.977. The van der Waals surface area contributed by atoms with E-state index in [9.17, 15) is 22.8 Å². The van der Waals surface area contributed by atoms with Gasteiger partial charge in [0, 0.05) is 55.7 Å². The number of urea groups is 1. The van der Waals surface area contributed by atoms with Crippen LogP contribution in [-0.4, -0.2) is 67.5 Å². The van der Waals surface area contributed by atoms with Crippen LogP contribution in [0.1, 0.15) is 54.9 Å². The van der Waals surface area contributed by atoms with Crippen LogP contribution in [0.3, 0.4) is 0 Å². The van der Waals surface area contributed by atoms with Gasteiger partial charge < -0.3 is 14.4 Å². The Bertz CT molecular complexity index is 1130. The molecule has 0 unspecified atom stereocenters. The highest BCUT2D eigenvalue weighted by molar-refractivity contribution is 5.77. The highest BCUT2D eigenvalue weighted by Gasteiger charge is 2.55. The molecule has 0 radical (unpaired) electrons.